The Labute approximate surface area is 117 Å². The van der Waals surface area contributed by atoms with E-state index in [9.17, 15) is 9.90 Å². The highest BCUT2D eigenvalue weighted by Crippen LogP contribution is 2.31. The zero-order chi connectivity index (χ0) is 14.3. The number of hydrogen-bond donors (Lipinski definition) is 3. The lowest BCUT2D eigenvalue weighted by molar-refractivity contribution is 0.0857. The molecule has 1 aliphatic rings. The SMILES string of the molecule is Cc1n[nH]c(C)c1C(=O)NC1c2ccccc2CC1O. The third kappa shape index (κ3) is 2.00. The number of aryl methyl sites for hydroxylation is 2. The number of rotatable bonds is 2. The summed E-state index contributed by atoms with van der Waals surface area (Å²) in [4.78, 5) is 12.4. The summed E-state index contributed by atoms with van der Waals surface area (Å²) in [6.45, 7) is 3.60. The maximum atomic E-state index is 12.4. The third-order valence-corrected chi connectivity index (χ3v) is 3.85. The van der Waals surface area contributed by atoms with Gasteiger partial charge in [0.05, 0.1) is 23.4 Å². The molecular weight excluding hydrogens is 254 g/mol. The van der Waals surface area contributed by atoms with Gasteiger partial charge in [0.2, 0.25) is 0 Å². The number of carbonyl (C=O) groups excluding carboxylic acids is 1. The van der Waals surface area contributed by atoms with Crippen molar-refractivity contribution in [2.75, 3.05) is 0 Å². The number of amides is 1. The van der Waals surface area contributed by atoms with Crippen molar-refractivity contribution < 1.29 is 9.90 Å². The van der Waals surface area contributed by atoms with Crippen molar-refractivity contribution in [2.45, 2.75) is 32.4 Å². The predicted octanol–water partition coefficient (Wildman–Crippen LogP) is 1.41. The van der Waals surface area contributed by atoms with E-state index in [1.807, 2.05) is 31.2 Å². The molecule has 0 bridgehead atoms. The average molecular weight is 271 g/mol. The van der Waals surface area contributed by atoms with Gasteiger partial charge in [0.25, 0.3) is 5.91 Å². The molecule has 0 saturated carbocycles. The highest BCUT2D eigenvalue weighted by atomic mass is 16.3. The van der Waals surface area contributed by atoms with Crippen molar-refractivity contribution in [3.05, 3.63) is 52.3 Å². The van der Waals surface area contributed by atoms with Gasteiger partial charge in [-0.15, -0.1) is 0 Å². The van der Waals surface area contributed by atoms with E-state index in [1.165, 1.54) is 0 Å². The van der Waals surface area contributed by atoms with Crippen molar-refractivity contribution >= 4 is 5.91 Å². The summed E-state index contributed by atoms with van der Waals surface area (Å²) in [6.07, 6.45) is -0.00588. The summed E-state index contributed by atoms with van der Waals surface area (Å²) >= 11 is 0. The first-order chi connectivity index (χ1) is 9.58. The topological polar surface area (TPSA) is 78.0 Å². The van der Waals surface area contributed by atoms with E-state index in [2.05, 4.69) is 15.5 Å². The number of nitrogens with zero attached hydrogens (tertiary/aromatic N) is 1. The van der Waals surface area contributed by atoms with Crippen molar-refractivity contribution in [1.29, 1.82) is 0 Å². The van der Waals surface area contributed by atoms with E-state index in [-0.39, 0.29) is 11.9 Å². The Bertz CT molecular complexity index is 643. The van der Waals surface area contributed by atoms with Gasteiger partial charge in [-0.2, -0.15) is 5.10 Å². The Morgan fingerprint density at radius 2 is 2.15 bits per heavy atom. The van der Waals surface area contributed by atoms with Gasteiger partial charge in [-0.3, -0.25) is 9.89 Å². The van der Waals surface area contributed by atoms with E-state index in [1.54, 1.807) is 6.92 Å². The van der Waals surface area contributed by atoms with E-state index in [4.69, 9.17) is 0 Å². The molecule has 2 unspecified atom stereocenters. The fourth-order valence-corrected chi connectivity index (χ4v) is 2.85. The van der Waals surface area contributed by atoms with Crippen LogP contribution in [-0.4, -0.2) is 27.3 Å². The molecule has 1 heterocycles. The number of benzene rings is 1. The molecule has 3 rings (SSSR count). The number of H-pyrrole nitrogens is 1. The number of hydrogen-bond acceptors (Lipinski definition) is 3. The molecule has 20 heavy (non-hydrogen) atoms. The molecule has 3 N–H and O–H groups in total. The Morgan fingerprint density at radius 1 is 1.40 bits per heavy atom. The lowest BCUT2D eigenvalue weighted by atomic mass is 10.1. The second kappa shape index (κ2) is 4.76. The highest BCUT2D eigenvalue weighted by Gasteiger charge is 2.32. The largest absolute Gasteiger partial charge is 0.390 e. The van der Waals surface area contributed by atoms with Gasteiger partial charge in [0.1, 0.15) is 0 Å². The van der Waals surface area contributed by atoms with Crippen LogP contribution in [0.25, 0.3) is 0 Å². The molecule has 2 aromatic rings. The first kappa shape index (κ1) is 12.9. The van der Waals surface area contributed by atoms with Crippen LogP contribution in [0.1, 0.15) is 38.9 Å². The van der Waals surface area contributed by atoms with E-state index in [0.717, 1.165) is 16.8 Å². The Balaban J connectivity index is 1.87. The predicted molar refractivity (Wildman–Crippen MR) is 74.4 cm³/mol. The number of carbonyl (C=O) groups is 1. The zero-order valence-electron chi connectivity index (χ0n) is 11.5. The highest BCUT2D eigenvalue weighted by molar-refractivity contribution is 5.96. The fraction of sp³-hybridized carbons (Fsp3) is 0.333. The van der Waals surface area contributed by atoms with Crippen LogP contribution in [-0.2, 0) is 6.42 Å². The van der Waals surface area contributed by atoms with Crippen LogP contribution in [0, 0.1) is 13.8 Å². The molecule has 5 nitrogen and oxygen atoms in total. The van der Waals surface area contributed by atoms with Crippen molar-refractivity contribution in [3.8, 4) is 0 Å². The van der Waals surface area contributed by atoms with Crippen LogP contribution in [0.15, 0.2) is 24.3 Å². The molecule has 0 spiro atoms. The number of fused-ring (bicyclic) bond motifs is 1. The van der Waals surface area contributed by atoms with Crippen LogP contribution in [0.2, 0.25) is 0 Å². The fourth-order valence-electron chi connectivity index (χ4n) is 2.85. The molecular formula is C15H17N3O2. The molecule has 0 aliphatic heterocycles. The monoisotopic (exact) mass is 271 g/mol. The Hall–Kier alpha value is -2.14. The minimum atomic E-state index is -0.580. The summed E-state index contributed by atoms with van der Waals surface area (Å²) in [5.74, 6) is -0.200. The Morgan fingerprint density at radius 3 is 2.85 bits per heavy atom. The summed E-state index contributed by atoms with van der Waals surface area (Å²) in [6, 6.07) is 7.45. The van der Waals surface area contributed by atoms with Crippen LogP contribution in [0.5, 0.6) is 0 Å². The minimum absolute atomic E-state index is 0.200. The molecule has 1 amide bonds. The number of aliphatic hydroxyl groups is 1. The molecule has 1 aromatic heterocycles. The number of aromatic amines is 1. The van der Waals surface area contributed by atoms with Gasteiger partial charge in [0, 0.05) is 12.1 Å². The summed E-state index contributed by atoms with van der Waals surface area (Å²) in [7, 11) is 0. The normalized spacial score (nSPS) is 20.8. The van der Waals surface area contributed by atoms with E-state index >= 15 is 0 Å². The van der Waals surface area contributed by atoms with Crippen LogP contribution in [0.3, 0.4) is 0 Å². The van der Waals surface area contributed by atoms with Gasteiger partial charge in [0.15, 0.2) is 0 Å². The lowest BCUT2D eigenvalue weighted by Gasteiger charge is -2.18. The van der Waals surface area contributed by atoms with Gasteiger partial charge in [-0.25, -0.2) is 0 Å². The number of nitrogens with one attached hydrogen (secondary N) is 2. The summed E-state index contributed by atoms with van der Waals surface area (Å²) < 4.78 is 0. The molecule has 2 atom stereocenters. The number of aromatic nitrogens is 2. The lowest BCUT2D eigenvalue weighted by Crippen LogP contribution is -2.34. The van der Waals surface area contributed by atoms with Crippen LogP contribution in [0.4, 0.5) is 0 Å². The molecule has 104 valence electrons. The maximum Gasteiger partial charge on any atom is 0.255 e. The molecule has 0 radical (unpaired) electrons. The quantitative estimate of drug-likeness (QED) is 0.773. The molecule has 1 aromatic carbocycles. The zero-order valence-corrected chi connectivity index (χ0v) is 11.5. The smallest absolute Gasteiger partial charge is 0.255 e. The van der Waals surface area contributed by atoms with Gasteiger partial charge in [-0.1, -0.05) is 24.3 Å². The second-order valence-electron chi connectivity index (χ2n) is 5.23. The van der Waals surface area contributed by atoms with Crippen LogP contribution >= 0.6 is 0 Å². The second-order valence-corrected chi connectivity index (χ2v) is 5.23. The van der Waals surface area contributed by atoms with Crippen molar-refractivity contribution in [2.24, 2.45) is 0 Å². The van der Waals surface area contributed by atoms with E-state index in [0.29, 0.717) is 17.7 Å². The van der Waals surface area contributed by atoms with Crippen molar-refractivity contribution in [1.82, 2.24) is 15.5 Å². The third-order valence-electron chi connectivity index (χ3n) is 3.85. The molecule has 5 heteroatoms. The molecule has 1 aliphatic carbocycles. The van der Waals surface area contributed by atoms with Crippen LogP contribution < -0.4 is 5.32 Å². The maximum absolute atomic E-state index is 12.4. The van der Waals surface area contributed by atoms with Gasteiger partial charge < -0.3 is 10.4 Å². The first-order valence-corrected chi connectivity index (χ1v) is 6.66. The van der Waals surface area contributed by atoms with E-state index < -0.39 is 6.10 Å². The summed E-state index contributed by atoms with van der Waals surface area (Å²) in [5, 5.41) is 19.9. The van der Waals surface area contributed by atoms with Crippen molar-refractivity contribution in [3.63, 3.8) is 0 Å². The standard InChI is InChI=1S/C15H17N3O2/c1-8-13(9(2)18-17-8)15(20)16-14-11-6-4-3-5-10(11)7-12(14)19/h3-6,12,14,19H,7H2,1-2H3,(H,16,20)(H,17,18). The van der Waals surface area contributed by atoms with Gasteiger partial charge in [-0.05, 0) is 25.0 Å². The first-order valence-electron chi connectivity index (χ1n) is 6.66. The Kier molecular flexibility index (Phi) is 3.06. The molecule has 0 saturated heterocycles. The molecule has 0 fully saturated rings. The number of aliphatic hydroxyl groups excluding tert-OH is 1. The average Bonchev–Trinajstić information content (AvgIpc) is 2.91. The summed E-state index contributed by atoms with van der Waals surface area (Å²) in [5.41, 5.74) is 4.04. The van der Waals surface area contributed by atoms with Gasteiger partial charge >= 0.3 is 0 Å². The minimum Gasteiger partial charge on any atom is -0.390 e.